The van der Waals surface area contributed by atoms with E-state index in [1.807, 2.05) is 13.8 Å². The predicted molar refractivity (Wildman–Crippen MR) is 130 cm³/mol. The molecule has 8 nitrogen and oxygen atoms in total. The van der Waals surface area contributed by atoms with Gasteiger partial charge in [-0.15, -0.1) is 0 Å². The molecule has 9 heteroatoms. The summed E-state index contributed by atoms with van der Waals surface area (Å²) < 4.78 is 30.2. The average Bonchev–Trinajstić information content (AvgIpc) is 3.34. The minimum Gasteiger partial charge on any atom is -0.485 e. The van der Waals surface area contributed by atoms with Crippen molar-refractivity contribution in [2.45, 2.75) is 27.3 Å². The number of rotatable bonds is 9. The number of hydrogen-bond acceptors (Lipinski definition) is 6. The number of benzene rings is 2. The lowest BCUT2D eigenvalue weighted by atomic mass is 10.1. The lowest BCUT2D eigenvalue weighted by Gasteiger charge is -2.29. The van der Waals surface area contributed by atoms with Crippen molar-refractivity contribution >= 4 is 23.3 Å². The number of halogens is 1. The van der Waals surface area contributed by atoms with Crippen LogP contribution in [-0.2, 0) is 11.3 Å². The largest absolute Gasteiger partial charge is 0.485 e. The molecule has 0 atom stereocenters. The fourth-order valence-electron chi connectivity index (χ4n) is 3.95. The van der Waals surface area contributed by atoms with Crippen molar-refractivity contribution in [2.75, 3.05) is 31.2 Å². The first-order chi connectivity index (χ1) is 17.3. The standard InChI is InChI=1S/C27H27FN2O6/c1-4-29(5-2)27(33)25-11-8-20(36-25)14-30-21-13-18(6-9-24(21)35-16-26(30)32)22(31)15-34-23-10-7-19(28)12-17(23)3/h6-13H,4-5,14-16H2,1-3H3. The van der Waals surface area contributed by atoms with Gasteiger partial charge in [0.15, 0.2) is 24.8 Å². The highest BCUT2D eigenvalue weighted by Crippen LogP contribution is 2.34. The van der Waals surface area contributed by atoms with E-state index in [4.69, 9.17) is 13.9 Å². The summed E-state index contributed by atoms with van der Waals surface area (Å²) in [6.45, 7) is 6.25. The van der Waals surface area contributed by atoms with Gasteiger partial charge >= 0.3 is 0 Å². The fraction of sp³-hybridized carbons (Fsp3) is 0.296. The Bertz CT molecular complexity index is 1300. The maximum atomic E-state index is 13.3. The third kappa shape index (κ3) is 5.25. The molecule has 4 rings (SSSR count). The number of hydrogen-bond donors (Lipinski definition) is 0. The van der Waals surface area contributed by atoms with Crippen molar-refractivity contribution in [3.63, 3.8) is 0 Å². The summed E-state index contributed by atoms with van der Waals surface area (Å²) in [5.41, 5.74) is 1.33. The van der Waals surface area contributed by atoms with Crippen LogP contribution in [0.15, 0.2) is 52.9 Å². The van der Waals surface area contributed by atoms with Gasteiger partial charge in [0.1, 0.15) is 23.1 Å². The van der Waals surface area contributed by atoms with Crippen LogP contribution in [0.5, 0.6) is 11.5 Å². The molecule has 2 heterocycles. The smallest absolute Gasteiger partial charge is 0.289 e. The summed E-state index contributed by atoms with van der Waals surface area (Å²) in [5, 5.41) is 0. The molecule has 1 aliphatic rings. The van der Waals surface area contributed by atoms with E-state index in [2.05, 4.69) is 0 Å². The van der Waals surface area contributed by atoms with Crippen LogP contribution in [0.3, 0.4) is 0 Å². The van der Waals surface area contributed by atoms with Gasteiger partial charge in [-0.05, 0) is 74.9 Å². The Morgan fingerprint density at radius 3 is 2.58 bits per heavy atom. The normalized spacial score (nSPS) is 12.7. The molecular formula is C27H27FN2O6. The van der Waals surface area contributed by atoms with Crippen molar-refractivity contribution in [3.8, 4) is 11.5 Å². The van der Waals surface area contributed by atoms with E-state index in [0.29, 0.717) is 47.2 Å². The third-order valence-electron chi connectivity index (χ3n) is 5.96. The minimum absolute atomic E-state index is 0.0731. The first kappa shape index (κ1) is 25.0. The Morgan fingerprint density at radius 2 is 1.86 bits per heavy atom. The van der Waals surface area contributed by atoms with Gasteiger partial charge in [-0.1, -0.05) is 0 Å². The third-order valence-corrected chi connectivity index (χ3v) is 5.96. The Kier molecular flexibility index (Phi) is 7.38. The van der Waals surface area contributed by atoms with Crippen molar-refractivity contribution < 1.29 is 32.7 Å². The van der Waals surface area contributed by atoms with Crippen LogP contribution in [0.2, 0.25) is 0 Å². The van der Waals surface area contributed by atoms with Gasteiger partial charge in [-0.3, -0.25) is 19.3 Å². The summed E-state index contributed by atoms with van der Waals surface area (Å²) in [6, 6.07) is 12.1. The summed E-state index contributed by atoms with van der Waals surface area (Å²) in [5.74, 6) is 0.271. The van der Waals surface area contributed by atoms with E-state index in [1.165, 1.54) is 23.1 Å². The second-order valence-electron chi connectivity index (χ2n) is 8.32. The van der Waals surface area contributed by atoms with E-state index >= 15 is 0 Å². The van der Waals surface area contributed by atoms with E-state index in [-0.39, 0.29) is 48.9 Å². The number of ketones is 1. The van der Waals surface area contributed by atoms with Crippen LogP contribution in [0.25, 0.3) is 0 Å². The number of fused-ring (bicyclic) bond motifs is 1. The molecule has 0 N–H and O–H groups in total. The van der Waals surface area contributed by atoms with Crippen molar-refractivity contribution in [3.05, 3.63) is 77.0 Å². The number of ether oxygens (including phenoxy) is 2. The fourth-order valence-corrected chi connectivity index (χ4v) is 3.95. The molecule has 0 saturated heterocycles. The molecule has 0 unspecified atom stereocenters. The summed E-state index contributed by atoms with van der Waals surface area (Å²) in [6.07, 6.45) is 0. The lowest BCUT2D eigenvalue weighted by Crippen LogP contribution is -2.38. The van der Waals surface area contributed by atoms with Crippen LogP contribution >= 0.6 is 0 Å². The number of aryl methyl sites for hydroxylation is 1. The molecule has 1 aromatic heterocycles. The predicted octanol–water partition coefficient (Wildman–Crippen LogP) is 4.40. The zero-order valence-electron chi connectivity index (χ0n) is 20.4. The van der Waals surface area contributed by atoms with Gasteiger partial charge in [0.2, 0.25) is 0 Å². The molecule has 36 heavy (non-hydrogen) atoms. The lowest BCUT2D eigenvalue weighted by molar-refractivity contribution is -0.121. The highest BCUT2D eigenvalue weighted by atomic mass is 19.1. The molecule has 2 amide bonds. The summed E-state index contributed by atoms with van der Waals surface area (Å²) in [4.78, 5) is 41.2. The molecule has 0 fully saturated rings. The van der Waals surface area contributed by atoms with Gasteiger partial charge in [0.25, 0.3) is 11.8 Å². The second-order valence-corrected chi connectivity index (χ2v) is 8.32. The van der Waals surface area contributed by atoms with Crippen LogP contribution < -0.4 is 14.4 Å². The van der Waals surface area contributed by atoms with Gasteiger partial charge in [-0.2, -0.15) is 0 Å². The maximum Gasteiger partial charge on any atom is 0.289 e. The quantitative estimate of drug-likeness (QED) is 0.410. The SMILES string of the molecule is CCN(CC)C(=O)c1ccc(CN2C(=O)COc3ccc(C(=O)COc4ccc(F)cc4C)cc32)o1. The zero-order chi connectivity index (χ0) is 25.8. The van der Waals surface area contributed by atoms with Crippen molar-refractivity contribution in [1.29, 1.82) is 0 Å². The van der Waals surface area contributed by atoms with E-state index in [0.717, 1.165) is 0 Å². The second kappa shape index (κ2) is 10.6. The monoisotopic (exact) mass is 494 g/mol. The van der Waals surface area contributed by atoms with Gasteiger partial charge in [-0.25, -0.2) is 4.39 Å². The topological polar surface area (TPSA) is 89.3 Å². The number of anilines is 1. The van der Waals surface area contributed by atoms with Crippen LogP contribution in [-0.4, -0.2) is 48.8 Å². The Balaban J connectivity index is 1.51. The molecular weight excluding hydrogens is 467 g/mol. The van der Waals surface area contributed by atoms with Crippen molar-refractivity contribution in [1.82, 2.24) is 4.90 Å². The Labute approximate surface area is 208 Å². The van der Waals surface area contributed by atoms with Gasteiger partial charge in [0, 0.05) is 18.7 Å². The molecule has 0 aliphatic carbocycles. The molecule has 0 radical (unpaired) electrons. The molecule has 1 aliphatic heterocycles. The van der Waals surface area contributed by atoms with E-state index in [1.54, 1.807) is 42.2 Å². The zero-order valence-corrected chi connectivity index (χ0v) is 20.4. The molecule has 3 aromatic rings. The number of carbonyl (C=O) groups excluding carboxylic acids is 3. The number of furan rings is 1. The van der Waals surface area contributed by atoms with Crippen molar-refractivity contribution in [2.24, 2.45) is 0 Å². The van der Waals surface area contributed by atoms with Crippen LogP contribution in [0.4, 0.5) is 10.1 Å². The highest BCUT2D eigenvalue weighted by Gasteiger charge is 2.28. The molecule has 0 bridgehead atoms. The minimum atomic E-state index is -0.383. The van der Waals surface area contributed by atoms with E-state index in [9.17, 15) is 18.8 Å². The van der Waals surface area contributed by atoms with E-state index < -0.39 is 0 Å². The first-order valence-corrected chi connectivity index (χ1v) is 11.7. The van der Waals surface area contributed by atoms with Gasteiger partial charge < -0.3 is 18.8 Å². The Morgan fingerprint density at radius 1 is 1.08 bits per heavy atom. The highest BCUT2D eigenvalue weighted by molar-refractivity contribution is 6.02. The summed E-state index contributed by atoms with van der Waals surface area (Å²) >= 11 is 0. The molecule has 2 aromatic carbocycles. The number of nitrogens with zero attached hydrogens (tertiary/aromatic N) is 2. The first-order valence-electron chi connectivity index (χ1n) is 11.7. The molecule has 188 valence electrons. The molecule has 0 saturated carbocycles. The number of amides is 2. The van der Waals surface area contributed by atoms with Gasteiger partial charge in [0.05, 0.1) is 12.2 Å². The molecule has 0 spiro atoms. The average molecular weight is 495 g/mol. The van der Waals surface area contributed by atoms with Crippen LogP contribution in [0, 0.1) is 12.7 Å². The van der Waals surface area contributed by atoms with Crippen LogP contribution in [0.1, 0.15) is 46.1 Å². The summed E-state index contributed by atoms with van der Waals surface area (Å²) in [7, 11) is 0. The Hall–Kier alpha value is -4.14. The maximum absolute atomic E-state index is 13.3. The number of carbonyl (C=O) groups is 3. The number of Topliss-reactive ketones (excluding diaryl/α,β-unsaturated/α-hetero) is 1.